The first-order chi connectivity index (χ1) is 8.81. The number of nitrogens with one attached hydrogen (secondary N) is 1. The molecule has 110 valence electrons. The largest absolute Gasteiger partial charge is 0.348 e. The Morgan fingerprint density at radius 2 is 1.74 bits per heavy atom. The van der Waals surface area contributed by atoms with Gasteiger partial charge in [0.05, 0.1) is 12.6 Å². The van der Waals surface area contributed by atoms with Crippen LogP contribution in [0.3, 0.4) is 0 Å². The van der Waals surface area contributed by atoms with E-state index in [4.69, 9.17) is 29.5 Å². The second-order valence-corrected chi connectivity index (χ2v) is 6.13. The molecule has 3 aliphatic rings. The zero-order valence-corrected chi connectivity index (χ0v) is 11.7. The van der Waals surface area contributed by atoms with Gasteiger partial charge in [-0.25, -0.2) is 0 Å². The molecule has 19 heavy (non-hydrogen) atoms. The van der Waals surface area contributed by atoms with Crippen LogP contribution < -0.4 is 11.3 Å². The molecule has 3 fully saturated rings. The van der Waals surface area contributed by atoms with Gasteiger partial charge in [0.1, 0.15) is 18.3 Å². The molecular weight excluding hydrogens is 252 g/mol. The van der Waals surface area contributed by atoms with Crippen molar-refractivity contribution >= 4 is 0 Å². The van der Waals surface area contributed by atoms with Gasteiger partial charge in [0.25, 0.3) is 0 Å². The van der Waals surface area contributed by atoms with Gasteiger partial charge in [0.15, 0.2) is 17.9 Å². The Morgan fingerprint density at radius 1 is 1.00 bits per heavy atom. The minimum atomic E-state index is -0.651. The van der Waals surface area contributed by atoms with Crippen molar-refractivity contribution in [3.8, 4) is 0 Å². The molecule has 3 N–H and O–H groups in total. The smallest absolute Gasteiger partial charge is 0.189 e. The molecule has 3 rings (SSSR count). The summed E-state index contributed by atoms with van der Waals surface area (Å²) in [6.45, 7) is 7.94. The average molecular weight is 274 g/mol. The summed E-state index contributed by atoms with van der Waals surface area (Å²) in [4.78, 5) is 0. The number of nitrogens with two attached hydrogens (primary N) is 1. The highest BCUT2D eigenvalue weighted by Gasteiger charge is 2.57. The molecule has 3 saturated heterocycles. The summed E-state index contributed by atoms with van der Waals surface area (Å²) < 4.78 is 28.8. The van der Waals surface area contributed by atoms with Crippen LogP contribution in [0.5, 0.6) is 0 Å². The molecule has 3 aliphatic heterocycles. The molecule has 5 atom stereocenters. The van der Waals surface area contributed by atoms with Crippen molar-refractivity contribution in [1.29, 1.82) is 0 Å². The third kappa shape index (κ3) is 2.40. The summed E-state index contributed by atoms with van der Waals surface area (Å²) in [6.07, 6.45) is -1.10. The molecule has 0 amide bonds. The summed E-state index contributed by atoms with van der Waals surface area (Å²) in [6, 6.07) is -0.186. The van der Waals surface area contributed by atoms with E-state index in [9.17, 15) is 0 Å². The van der Waals surface area contributed by atoms with Crippen molar-refractivity contribution in [3.63, 3.8) is 0 Å². The van der Waals surface area contributed by atoms with Crippen molar-refractivity contribution in [2.24, 2.45) is 5.84 Å². The molecule has 7 nitrogen and oxygen atoms in total. The molecule has 3 heterocycles. The minimum absolute atomic E-state index is 0.183. The van der Waals surface area contributed by atoms with Gasteiger partial charge in [-0.3, -0.25) is 11.3 Å². The highest BCUT2D eigenvalue weighted by molar-refractivity contribution is 5.00. The van der Waals surface area contributed by atoms with Crippen LogP contribution in [-0.2, 0) is 23.7 Å². The highest BCUT2D eigenvalue weighted by atomic mass is 16.8. The fourth-order valence-electron chi connectivity index (χ4n) is 2.92. The van der Waals surface area contributed by atoms with E-state index in [1.807, 2.05) is 27.7 Å². The van der Waals surface area contributed by atoms with Crippen LogP contribution in [0.4, 0.5) is 0 Å². The number of ether oxygens (including phenoxy) is 5. The van der Waals surface area contributed by atoms with Gasteiger partial charge >= 0.3 is 0 Å². The van der Waals surface area contributed by atoms with Crippen molar-refractivity contribution in [3.05, 3.63) is 0 Å². The quantitative estimate of drug-likeness (QED) is 0.535. The molecule has 0 bridgehead atoms. The second-order valence-electron chi connectivity index (χ2n) is 6.13. The second kappa shape index (κ2) is 4.36. The Bertz CT molecular complexity index is 362. The molecule has 0 radical (unpaired) electrons. The molecule has 0 spiro atoms. The maximum absolute atomic E-state index is 5.91. The third-order valence-electron chi connectivity index (χ3n) is 3.68. The van der Waals surface area contributed by atoms with Gasteiger partial charge in [-0.2, -0.15) is 0 Å². The van der Waals surface area contributed by atoms with Gasteiger partial charge in [-0.1, -0.05) is 0 Å². The SMILES string of the molecule is CC1(C)O[C@H]2O[C@H]([C@H]3COC(C)(C)O3)[C@H](NN)[C@H]2O1. The Kier molecular flexibility index (Phi) is 3.14. The standard InChI is InChI=1S/C12H22N2O5/c1-11(2)15-5-6(17-11)8-7(14-13)9-10(16-8)19-12(3,4)18-9/h6-10,14H,5,13H2,1-4H3/t6-,7+,8-,9-,10-/m1/s1. The summed E-state index contributed by atoms with van der Waals surface area (Å²) in [5, 5.41) is 0. The van der Waals surface area contributed by atoms with Gasteiger partial charge in [0.2, 0.25) is 0 Å². The lowest BCUT2D eigenvalue weighted by Crippen LogP contribution is -2.53. The summed E-state index contributed by atoms with van der Waals surface area (Å²) in [5.74, 6) is 4.40. The van der Waals surface area contributed by atoms with Gasteiger partial charge in [-0.15, -0.1) is 0 Å². The topological polar surface area (TPSA) is 84.2 Å². The minimum Gasteiger partial charge on any atom is -0.348 e. The third-order valence-corrected chi connectivity index (χ3v) is 3.68. The van der Waals surface area contributed by atoms with E-state index in [0.29, 0.717) is 6.61 Å². The first-order valence-corrected chi connectivity index (χ1v) is 6.60. The summed E-state index contributed by atoms with van der Waals surface area (Å²) in [5.41, 5.74) is 2.76. The van der Waals surface area contributed by atoms with Crippen LogP contribution in [0.15, 0.2) is 0 Å². The summed E-state index contributed by atoms with van der Waals surface area (Å²) in [7, 11) is 0. The molecule has 7 heteroatoms. The van der Waals surface area contributed by atoms with E-state index >= 15 is 0 Å². The molecule has 0 aromatic carbocycles. The van der Waals surface area contributed by atoms with Gasteiger partial charge in [-0.05, 0) is 27.7 Å². The van der Waals surface area contributed by atoms with E-state index in [2.05, 4.69) is 5.43 Å². The number of rotatable bonds is 2. The zero-order valence-electron chi connectivity index (χ0n) is 11.7. The van der Waals surface area contributed by atoms with E-state index in [1.165, 1.54) is 0 Å². The normalized spacial score (nSPS) is 47.5. The number of hydrogen-bond donors (Lipinski definition) is 2. The predicted molar refractivity (Wildman–Crippen MR) is 64.7 cm³/mol. The van der Waals surface area contributed by atoms with Gasteiger partial charge < -0.3 is 23.7 Å². The predicted octanol–water partition coefficient (Wildman–Crippen LogP) is -0.154. The highest BCUT2D eigenvalue weighted by Crippen LogP contribution is 2.40. The molecule has 0 aromatic heterocycles. The van der Waals surface area contributed by atoms with Crippen molar-refractivity contribution in [1.82, 2.24) is 5.43 Å². The van der Waals surface area contributed by atoms with Crippen LogP contribution in [0.1, 0.15) is 27.7 Å². The fourth-order valence-corrected chi connectivity index (χ4v) is 2.92. The zero-order chi connectivity index (χ0) is 13.8. The summed E-state index contributed by atoms with van der Waals surface area (Å²) >= 11 is 0. The Hall–Kier alpha value is -0.280. The average Bonchev–Trinajstić information content (AvgIpc) is 2.87. The van der Waals surface area contributed by atoms with E-state index in [-0.39, 0.29) is 24.4 Å². The Balaban J connectivity index is 1.72. The van der Waals surface area contributed by atoms with E-state index in [1.54, 1.807) is 0 Å². The number of hydrogen-bond acceptors (Lipinski definition) is 7. The van der Waals surface area contributed by atoms with Crippen LogP contribution in [0, 0.1) is 0 Å². The Morgan fingerprint density at radius 3 is 2.32 bits per heavy atom. The first kappa shape index (κ1) is 13.7. The lowest BCUT2D eigenvalue weighted by Gasteiger charge is -2.28. The fraction of sp³-hybridized carbons (Fsp3) is 1.00. The van der Waals surface area contributed by atoms with Crippen LogP contribution in [0.2, 0.25) is 0 Å². The first-order valence-electron chi connectivity index (χ1n) is 6.60. The monoisotopic (exact) mass is 274 g/mol. The van der Waals surface area contributed by atoms with E-state index < -0.39 is 17.9 Å². The molecule has 0 aromatic rings. The lowest BCUT2D eigenvalue weighted by atomic mass is 10.0. The van der Waals surface area contributed by atoms with Crippen molar-refractivity contribution < 1.29 is 23.7 Å². The maximum Gasteiger partial charge on any atom is 0.189 e. The number of fused-ring (bicyclic) bond motifs is 1. The molecular formula is C12H22N2O5. The van der Waals surface area contributed by atoms with Crippen molar-refractivity contribution in [2.45, 2.75) is 69.9 Å². The Labute approximate surface area is 112 Å². The van der Waals surface area contributed by atoms with Crippen LogP contribution >= 0.6 is 0 Å². The van der Waals surface area contributed by atoms with Crippen LogP contribution in [-0.4, -0.2) is 48.8 Å². The van der Waals surface area contributed by atoms with Gasteiger partial charge in [0, 0.05) is 0 Å². The number of hydrazine groups is 1. The molecule has 0 saturated carbocycles. The molecule has 0 aliphatic carbocycles. The molecule has 0 unspecified atom stereocenters. The van der Waals surface area contributed by atoms with Crippen LogP contribution in [0.25, 0.3) is 0 Å². The maximum atomic E-state index is 5.91. The lowest BCUT2D eigenvalue weighted by molar-refractivity contribution is -0.223. The van der Waals surface area contributed by atoms with Crippen molar-refractivity contribution in [2.75, 3.05) is 6.61 Å². The van der Waals surface area contributed by atoms with E-state index in [0.717, 1.165) is 0 Å².